The highest BCUT2D eigenvalue weighted by Crippen LogP contribution is 2.11. The van der Waals surface area contributed by atoms with Gasteiger partial charge in [-0.1, -0.05) is 18.2 Å². The summed E-state index contributed by atoms with van der Waals surface area (Å²) < 4.78 is 0. The van der Waals surface area contributed by atoms with Gasteiger partial charge in [0, 0.05) is 6.20 Å². The van der Waals surface area contributed by atoms with E-state index in [-0.39, 0.29) is 0 Å². The minimum Gasteiger partial charge on any atom is -0.261 e. The van der Waals surface area contributed by atoms with Crippen molar-refractivity contribution in [3.8, 4) is 0 Å². The first kappa shape index (κ1) is 12.3. The molecule has 0 aliphatic heterocycles. The normalized spacial score (nSPS) is 11.4. The van der Waals surface area contributed by atoms with Gasteiger partial charge < -0.3 is 0 Å². The summed E-state index contributed by atoms with van der Waals surface area (Å²) in [6.45, 7) is 6.20. The third kappa shape index (κ3) is 2.94. The molecule has 0 amide bonds. The molecular formula is C15H17N3. The summed E-state index contributed by atoms with van der Waals surface area (Å²) >= 11 is 0. The van der Waals surface area contributed by atoms with Crippen molar-refractivity contribution in [1.82, 2.24) is 4.98 Å². The molecule has 2 rings (SSSR count). The average Bonchev–Trinajstić information content (AvgIpc) is 2.40. The molecule has 3 nitrogen and oxygen atoms in total. The summed E-state index contributed by atoms with van der Waals surface area (Å²) in [5.41, 5.74) is 7.60. The fourth-order valence-electron chi connectivity index (χ4n) is 1.60. The molecule has 3 heteroatoms. The molecular weight excluding hydrogens is 222 g/mol. The molecule has 1 aromatic heterocycles. The van der Waals surface area contributed by atoms with E-state index in [4.69, 9.17) is 0 Å². The lowest BCUT2D eigenvalue weighted by Crippen LogP contribution is -2.01. The van der Waals surface area contributed by atoms with Crippen molar-refractivity contribution in [2.45, 2.75) is 20.8 Å². The monoisotopic (exact) mass is 239 g/mol. The Labute approximate surface area is 108 Å². The Bertz CT molecular complexity index is 559. The van der Waals surface area contributed by atoms with Gasteiger partial charge in [0.2, 0.25) is 0 Å². The molecule has 0 bridgehead atoms. The maximum Gasteiger partial charge on any atom is 0.146 e. The van der Waals surface area contributed by atoms with Gasteiger partial charge in [-0.25, -0.2) is 4.98 Å². The highest BCUT2D eigenvalue weighted by molar-refractivity contribution is 5.99. The molecule has 0 unspecified atom stereocenters. The second-order valence-corrected chi connectivity index (χ2v) is 4.32. The van der Waals surface area contributed by atoms with Gasteiger partial charge in [0.25, 0.3) is 0 Å². The lowest BCUT2D eigenvalue weighted by molar-refractivity contribution is 1.22. The van der Waals surface area contributed by atoms with Crippen molar-refractivity contribution in [1.29, 1.82) is 0 Å². The molecule has 0 aliphatic carbocycles. The van der Waals surface area contributed by atoms with Crippen LogP contribution < -0.4 is 5.43 Å². The number of nitrogens with zero attached hydrogens (tertiary/aromatic N) is 2. The molecule has 0 aliphatic rings. The highest BCUT2D eigenvalue weighted by atomic mass is 15.3. The van der Waals surface area contributed by atoms with Gasteiger partial charge in [-0.05, 0) is 55.7 Å². The smallest absolute Gasteiger partial charge is 0.146 e. The largest absolute Gasteiger partial charge is 0.261 e. The zero-order valence-corrected chi connectivity index (χ0v) is 10.9. The molecule has 0 saturated heterocycles. The molecule has 0 fully saturated rings. The van der Waals surface area contributed by atoms with Gasteiger partial charge in [0.1, 0.15) is 5.82 Å². The van der Waals surface area contributed by atoms with Crippen LogP contribution >= 0.6 is 0 Å². The first-order valence-electron chi connectivity index (χ1n) is 5.96. The second kappa shape index (κ2) is 5.45. The van der Waals surface area contributed by atoms with Gasteiger partial charge in [0.15, 0.2) is 0 Å². The van der Waals surface area contributed by atoms with Gasteiger partial charge in [-0.2, -0.15) is 5.10 Å². The van der Waals surface area contributed by atoms with E-state index < -0.39 is 0 Å². The number of rotatable bonds is 3. The predicted molar refractivity (Wildman–Crippen MR) is 76.0 cm³/mol. The zero-order chi connectivity index (χ0) is 13.0. The van der Waals surface area contributed by atoms with Crippen LogP contribution in [0.2, 0.25) is 0 Å². The molecule has 2 aromatic rings. The number of anilines is 1. The van der Waals surface area contributed by atoms with Gasteiger partial charge >= 0.3 is 0 Å². The van der Waals surface area contributed by atoms with Crippen molar-refractivity contribution in [3.05, 3.63) is 59.3 Å². The lowest BCUT2D eigenvalue weighted by Gasteiger charge is -2.05. The van der Waals surface area contributed by atoms with Gasteiger partial charge in [-0.15, -0.1) is 0 Å². The summed E-state index contributed by atoms with van der Waals surface area (Å²) in [5.74, 6) is 0.751. The maximum absolute atomic E-state index is 4.34. The number of hydrogen-bond acceptors (Lipinski definition) is 3. The topological polar surface area (TPSA) is 37.3 Å². The number of hydrazone groups is 1. The van der Waals surface area contributed by atoms with Crippen LogP contribution in [-0.4, -0.2) is 10.7 Å². The molecule has 0 spiro atoms. The Morgan fingerprint density at radius 3 is 2.61 bits per heavy atom. The van der Waals surface area contributed by atoms with E-state index in [9.17, 15) is 0 Å². The molecule has 92 valence electrons. The van der Waals surface area contributed by atoms with Crippen molar-refractivity contribution in [2.24, 2.45) is 5.10 Å². The van der Waals surface area contributed by atoms with Crippen molar-refractivity contribution in [2.75, 3.05) is 5.43 Å². The number of aromatic nitrogens is 1. The molecule has 1 heterocycles. The van der Waals surface area contributed by atoms with Crippen LogP contribution in [0, 0.1) is 13.8 Å². The van der Waals surface area contributed by atoms with Gasteiger partial charge in [0.05, 0.1) is 5.71 Å². The summed E-state index contributed by atoms with van der Waals surface area (Å²) in [6.07, 6.45) is 1.74. The third-order valence-corrected chi connectivity index (χ3v) is 2.93. The quantitative estimate of drug-likeness (QED) is 0.657. The van der Waals surface area contributed by atoms with Crippen molar-refractivity contribution in [3.63, 3.8) is 0 Å². The lowest BCUT2D eigenvalue weighted by atomic mass is 10.0. The van der Waals surface area contributed by atoms with E-state index in [1.54, 1.807) is 6.20 Å². The van der Waals surface area contributed by atoms with Crippen LogP contribution in [0.1, 0.15) is 23.6 Å². The molecule has 0 atom stereocenters. The fraction of sp³-hybridized carbons (Fsp3) is 0.200. The number of pyridine rings is 1. The van der Waals surface area contributed by atoms with Crippen LogP contribution in [0.15, 0.2) is 47.7 Å². The third-order valence-electron chi connectivity index (χ3n) is 2.93. The molecule has 0 saturated carbocycles. The SMILES string of the molecule is C/C(=N\Nc1ccccn1)c1ccc(C)c(C)c1. The Morgan fingerprint density at radius 1 is 1.11 bits per heavy atom. The first-order chi connectivity index (χ1) is 8.66. The van der Waals surface area contributed by atoms with E-state index in [2.05, 4.69) is 47.6 Å². The minimum absolute atomic E-state index is 0.751. The maximum atomic E-state index is 4.34. The van der Waals surface area contributed by atoms with Crippen LogP contribution in [-0.2, 0) is 0 Å². The minimum atomic E-state index is 0.751. The molecule has 1 N–H and O–H groups in total. The van der Waals surface area contributed by atoms with Crippen LogP contribution in [0.5, 0.6) is 0 Å². The molecule has 18 heavy (non-hydrogen) atoms. The Kier molecular flexibility index (Phi) is 3.72. The van der Waals surface area contributed by atoms with E-state index in [0.29, 0.717) is 0 Å². The van der Waals surface area contributed by atoms with E-state index >= 15 is 0 Å². The van der Waals surface area contributed by atoms with Crippen LogP contribution in [0.25, 0.3) is 0 Å². The zero-order valence-electron chi connectivity index (χ0n) is 10.9. The number of nitrogens with one attached hydrogen (secondary N) is 1. The number of aryl methyl sites for hydroxylation is 2. The summed E-state index contributed by atoms with van der Waals surface area (Å²) in [7, 11) is 0. The molecule has 1 aromatic carbocycles. The van der Waals surface area contributed by atoms with E-state index in [1.165, 1.54) is 11.1 Å². The molecule has 0 radical (unpaired) electrons. The van der Waals surface area contributed by atoms with E-state index in [1.807, 2.05) is 25.1 Å². The highest BCUT2D eigenvalue weighted by Gasteiger charge is 2.00. The Balaban J connectivity index is 2.15. The number of benzene rings is 1. The van der Waals surface area contributed by atoms with Gasteiger partial charge in [-0.3, -0.25) is 5.43 Å². The van der Waals surface area contributed by atoms with Crippen LogP contribution in [0.4, 0.5) is 5.82 Å². The standard InChI is InChI=1S/C15H17N3/c1-11-7-8-14(10-12(11)2)13(3)17-18-15-6-4-5-9-16-15/h4-10H,1-3H3,(H,16,18)/b17-13+. The summed E-state index contributed by atoms with van der Waals surface area (Å²) in [4.78, 5) is 4.16. The number of hydrogen-bond donors (Lipinski definition) is 1. The first-order valence-corrected chi connectivity index (χ1v) is 5.96. The van der Waals surface area contributed by atoms with Crippen molar-refractivity contribution < 1.29 is 0 Å². The van der Waals surface area contributed by atoms with Crippen LogP contribution in [0.3, 0.4) is 0 Å². The predicted octanol–water partition coefficient (Wildman–Crippen LogP) is 3.53. The van der Waals surface area contributed by atoms with Crippen molar-refractivity contribution >= 4 is 11.5 Å². The average molecular weight is 239 g/mol. The summed E-state index contributed by atoms with van der Waals surface area (Å²) in [6, 6.07) is 12.0. The Hall–Kier alpha value is -2.16. The van der Waals surface area contributed by atoms with E-state index in [0.717, 1.165) is 17.1 Å². The Morgan fingerprint density at radius 2 is 1.94 bits per heavy atom. The fourth-order valence-corrected chi connectivity index (χ4v) is 1.60. The summed E-state index contributed by atoms with van der Waals surface area (Å²) in [5, 5.41) is 4.34. The second-order valence-electron chi connectivity index (χ2n) is 4.32.